The molecule has 0 heterocycles. The molecule has 0 aromatic heterocycles. The molecule has 1 N–H and O–H groups in total. The second-order valence-corrected chi connectivity index (χ2v) is 1.72. The van der Waals surface area contributed by atoms with Gasteiger partial charge in [0, 0.05) is 5.56 Å². The average Bonchev–Trinajstić information content (AvgIpc) is 1.90. The van der Waals surface area contributed by atoms with Crippen molar-refractivity contribution in [2.24, 2.45) is 0 Å². The van der Waals surface area contributed by atoms with Crippen LogP contribution in [0.3, 0.4) is 0 Å². The summed E-state index contributed by atoms with van der Waals surface area (Å²) in [6, 6.07) is 8.73. The smallest absolute Gasteiger partial charge is 0.126 e. The van der Waals surface area contributed by atoms with Crippen LogP contribution in [0.5, 0.6) is 0 Å². The summed E-state index contributed by atoms with van der Waals surface area (Å²) in [4.78, 5) is 0. The van der Waals surface area contributed by atoms with Crippen LogP contribution < -0.4 is 5.46 Å². The second-order valence-electron chi connectivity index (χ2n) is 1.72. The van der Waals surface area contributed by atoms with Crippen LogP contribution in [-0.2, 0) is 6.61 Å². The van der Waals surface area contributed by atoms with Crippen molar-refractivity contribution in [1.29, 1.82) is 0 Å². The van der Waals surface area contributed by atoms with Crippen LogP contribution in [0.1, 0.15) is 5.56 Å². The molecule has 1 rings (SSSR count). The molecular formula is C7H5BO. The molecule has 0 aliphatic heterocycles. The average molecular weight is 116 g/mol. The fraction of sp³-hybridized carbons (Fsp3) is 0.143. The van der Waals surface area contributed by atoms with Gasteiger partial charge in [-0.3, -0.25) is 0 Å². The number of rotatable bonds is 1. The summed E-state index contributed by atoms with van der Waals surface area (Å²) in [6.07, 6.45) is 0. The van der Waals surface area contributed by atoms with Gasteiger partial charge in [0.05, 0.1) is 6.61 Å². The molecule has 0 saturated carbocycles. The zero-order valence-corrected chi connectivity index (χ0v) is 4.89. The van der Waals surface area contributed by atoms with Gasteiger partial charge in [-0.25, -0.2) is 0 Å². The zero-order valence-electron chi connectivity index (χ0n) is 4.89. The molecule has 0 amide bonds. The predicted octanol–water partition coefficient (Wildman–Crippen LogP) is -0.427. The Kier molecular flexibility index (Phi) is 1.76. The summed E-state index contributed by atoms with van der Waals surface area (Å²) in [5.41, 5.74) is 1.26. The Labute approximate surface area is 55.7 Å². The quantitative estimate of drug-likeness (QED) is 0.493. The van der Waals surface area contributed by atoms with Gasteiger partial charge in [-0.15, -0.1) is 0 Å². The molecule has 0 unspecified atom stereocenters. The molecule has 1 aromatic rings. The molecule has 0 spiro atoms. The first-order valence-electron chi connectivity index (χ1n) is 2.62. The van der Waals surface area contributed by atoms with E-state index in [4.69, 9.17) is 13.0 Å². The summed E-state index contributed by atoms with van der Waals surface area (Å²) >= 11 is 0. The fourth-order valence-electron chi connectivity index (χ4n) is 0.518. The Bertz CT molecular complexity index is 181. The monoisotopic (exact) mass is 116 g/mol. The lowest BCUT2D eigenvalue weighted by Crippen LogP contribution is -1.98. The summed E-state index contributed by atoms with van der Waals surface area (Å²) in [7, 11) is 5.31. The molecule has 1 aromatic carbocycles. The number of aliphatic hydroxyl groups is 1. The van der Waals surface area contributed by atoms with Crippen molar-refractivity contribution in [1.82, 2.24) is 0 Å². The normalized spacial score (nSPS) is 8.56. The zero-order chi connectivity index (χ0) is 6.69. The molecule has 42 valence electrons. The van der Waals surface area contributed by atoms with Crippen LogP contribution in [0, 0.1) is 12.1 Å². The van der Waals surface area contributed by atoms with E-state index in [0.29, 0.717) is 11.0 Å². The highest BCUT2D eigenvalue weighted by molar-refractivity contribution is 6.31. The molecule has 0 fully saturated rings. The van der Waals surface area contributed by atoms with Gasteiger partial charge >= 0.3 is 0 Å². The van der Waals surface area contributed by atoms with E-state index < -0.39 is 0 Å². The third-order valence-electron chi connectivity index (χ3n) is 1.00. The Hall–Kier alpha value is -0.935. The van der Waals surface area contributed by atoms with E-state index in [1.165, 1.54) is 0 Å². The lowest BCUT2D eigenvalue weighted by atomic mass is 9.98. The van der Waals surface area contributed by atoms with Crippen molar-refractivity contribution in [3.8, 4) is 0 Å². The van der Waals surface area contributed by atoms with Gasteiger partial charge < -0.3 is 5.11 Å². The van der Waals surface area contributed by atoms with E-state index in [0.717, 1.165) is 0 Å². The molecule has 0 aliphatic rings. The molecule has 1 nitrogen and oxygen atoms in total. The van der Waals surface area contributed by atoms with Crippen molar-refractivity contribution >= 4 is 13.3 Å². The first-order valence-corrected chi connectivity index (χ1v) is 2.62. The van der Waals surface area contributed by atoms with E-state index in [9.17, 15) is 0 Å². The fourth-order valence-corrected chi connectivity index (χ4v) is 0.518. The Morgan fingerprint density at radius 2 is 2.22 bits per heavy atom. The van der Waals surface area contributed by atoms with E-state index in [2.05, 4.69) is 12.1 Å². The van der Waals surface area contributed by atoms with Crippen LogP contribution in [-0.4, -0.2) is 13.0 Å². The Morgan fingerprint density at radius 3 is 2.67 bits per heavy atom. The molecule has 9 heavy (non-hydrogen) atoms. The largest absolute Gasteiger partial charge is 0.391 e. The highest BCUT2D eigenvalue weighted by Gasteiger charge is 1.83. The Balaban J connectivity index is 2.88. The minimum absolute atomic E-state index is 0.00319. The summed E-state index contributed by atoms with van der Waals surface area (Å²) < 4.78 is 0. The maximum atomic E-state index is 8.54. The van der Waals surface area contributed by atoms with Gasteiger partial charge in [0.2, 0.25) is 0 Å². The highest BCUT2D eigenvalue weighted by Crippen LogP contribution is 1.88. The lowest BCUT2D eigenvalue weighted by Gasteiger charge is -1.87. The molecule has 2 radical (unpaired) electrons. The van der Waals surface area contributed by atoms with Crippen LogP contribution in [0.25, 0.3) is 0 Å². The van der Waals surface area contributed by atoms with Crippen molar-refractivity contribution < 1.29 is 5.11 Å². The van der Waals surface area contributed by atoms with Crippen LogP contribution in [0.4, 0.5) is 0 Å². The SMILES string of the molecule is [B]c1c#cc(CO)cc1. The van der Waals surface area contributed by atoms with Crippen LogP contribution in [0.2, 0.25) is 0 Å². The van der Waals surface area contributed by atoms with E-state index in [1.807, 2.05) is 0 Å². The lowest BCUT2D eigenvalue weighted by molar-refractivity contribution is 0.282. The van der Waals surface area contributed by atoms with E-state index >= 15 is 0 Å². The Morgan fingerprint density at radius 1 is 1.44 bits per heavy atom. The van der Waals surface area contributed by atoms with Crippen molar-refractivity contribution in [3.05, 3.63) is 29.8 Å². The van der Waals surface area contributed by atoms with Crippen molar-refractivity contribution in [2.45, 2.75) is 6.61 Å². The molecule has 2 heteroatoms. The standard InChI is InChI=1S/C7H5BO/c8-7-3-1-6(5-9)2-4-7/h1,3,9H,5H2. The molecule has 0 saturated heterocycles. The first kappa shape index (κ1) is 6.19. The van der Waals surface area contributed by atoms with Gasteiger partial charge in [0.1, 0.15) is 7.85 Å². The van der Waals surface area contributed by atoms with Crippen molar-refractivity contribution in [2.75, 3.05) is 0 Å². The number of hydrogen-bond donors (Lipinski definition) is 1. The van der Waals surface area contributed by atoms with E-state index in [-0.39, 0.29) is 6.61 Å². The van der Waals surface area contributed by atoms with Crippen LogP contribution in [0.15, 0.2) is 12.1 Å². The van der Waals surface area contributed by atoms with E-state index in [1.54, 1.807) is 12.1 Å². The van der Waals surface area contributed by atoms with Gasteiger partial charge in [0.15, 0.2) is 0 Å². The number of aliphatic hydroxyl groups excluding tert-OH is 1. The van der Waals surface area contributed by atoms with Gasteiger partial charge in [-0.05, 0) is 11.5 Å². The molecular weight excluding hydrogens is 111 g/mol. The van der Waals surface area contributed by atoms with Gasteiger partial charge in [-0.2, -0.15) is 0 Å². The van der Waals surface area contributed by atoms with Crippen LogP contribution >= 0.6 is 0 Å². The number of hydrogen-bond acceptors (Lipinski definition) is 1. The third kappa shape index (κ3) is 1.48. The molecule has 0 bridgehead atoms. The minimum atomic E-state index is -0.00319. The maximum Gasteiger partial charge on any atom is 0.126 e. The topological polar surface area (TPSA) is 20.2 Å². The maximum absolute atomic E-state index is 8.54. The third-order valence-corrected chi connectivity index (χ3v) is 1.00. The summed E-state index contributed by atoms with van der Waals surface area (Å²) in [5.74, 6) is 0. The first-order chi connectivity index (χ1) is 4.33. The predicted molar refractivity (Wildman–Crippen MR) is 35.4 cm³/mol. The summed E-state index contributed by atoms with van der Waals surface area (Å²) in [6.45, 7) is -0.00319. The van der Waals surface area contributed by atoms with Crippen molar-refractivity contribution in [3.63, 3.8) is 0 Å². The second kappa shape index (κ2) is 2.57. The summed E-state index contributed by atoms with van der Waals surface area (Å²) in [5, 5.41) is 8.54. The van der Waals surface area contributed by atoms with Gasteiger partial charge in [-0.1, -0.05) is 18.2 Å². The highest BCUT2D eigenvalue weighted by atomic mass is 16.3. The van der Waals surface area contributed by atoms with Gasteiger partial charge in [0.25, 0.3) is 0 Å². The minimum Gasteiger partial charge on any atom is -0.391 e. The molecule has 0 aliphatic carbocycles. The molecule has 0 atom stereocenters.